The van der Waals surface area contributed by atoms with Gasteiger partial charge >= 0.3 is 6.03 Å². The van der Waals surface area contributed by atoms with Crippen molar-refractivity contribution >= 4 is 11.9 Å². The van der Waals surface area contributed by atoms with Crippen molar-refractivity contribution in [2.24, 2.45) is 5.92 Å². The zero-order chi connectivity index (χ0) is 16.7. The summed E-state index contributed by atoms with van der Waals surface area (Å²) >= 11 is 0. The number of rotatable bonds is 6. The molecular formula is C17H27N3O2. The standard InChI is InChI=1S/C17H27N3O2/c1-11(2)13(5)20-16(21)15-8-6-14(7-9-15)10-18-17(22)19-12(3)4/h6-9,11-13H,10H2,1-5H3,(H,20,21)(H2,18,19,22)/t13-/m0/s1. The van der Waals surface area contributed by atoms with Gasteiger partial charge in [0.15, 0.2) is 0 Å². The van der Waals surface area contributed by atoms with Crippen LogP contribution in [0, 0.1) is 5.92 Å². The highest BCUT2D eigenvalue weighted by Crippen LogP contribution is 2.06. The van der Waals surface area contributed by atoms with E-state index in [1.165, 1.54) is 0 Å². The number of benzene rings is 1. The summed E-state index contributed by atoms with van der Waals surface area (Å²) in [4.78, 5) is 23.6. The molecule has 3 N–H and O–H groups in total. The van der Waals surface area contributed by atoms with Gasteiger partial charge in [0, 0.05) is 24.2 Å². The molecular weight excluding hydrogens is 278 g/mol. The molecule has 0 unspecified atom stereocenters. The van der Waals surface area contributed by atoms with Gasteiger partial charge in [-0.1, -0.05) is 26.0 Å². The van der Waals surface area contributed by atoms with E-state index in [0.717, 1.165) is 5.56 Å². The van der Waals surface area contributed by atoms with Gasteiger partial charge in [0.25, 0.3) is 5.91 Å². The molecule has 5 heteroatoms. The second kappa shape index (κ2) is 8.41. The summed E-state index contributed by atoms with van der Waals surface area (Å²) in [6.07, 6.45) is 0. The zero-order valence-corrected chi connectivity index (χ0v) is 14.1. The van der Waals surface area contributed by atoms with Crippen LogP contribution in [0.3, 0.4) is 0 Å². The Labute approximate surface area is 132 Å². The van der Waals surface area contributed by atoms with Crippen LogP contribution < -0.4 is 16.0 Å². The smallest absolute Gasteiger partial charge is 0.315 e. The fourth-order valence-corrected chi connectivity index (χ4v) is 1.73. The van der Waals surface area contributed by atoms with Gasteiger partial charge in [-0.3, -0.25) is 4.79 Å². The second-order valence-electron chi connectivity index (χ2n) is 6.18. The maximum atomic E-state index is 12.1. The molecule has 1 atom stereocenters. The third kappa shape index (κ3) is 6.16. The summed E-state index contributed by atoms with van der Waals surface area (Å²) in [7, 11) is 0. The molecule has 0 radical (unpaired) electrons. The molecule has 0 spiro atoms. The van der Waals surface area contributed by atoms with Crippen molar-refractivity contribution < 1.29 is 9.59 Å². The Hall–Kier alpha value is -2.04. The first-order chi connectivity index (χ1) is 10.3. The quantitative estimate of drug-likeness (QED) is 0.756. The Morgan fingerprint density at radius 2 is 1.55 bits per heavy atom. The Morgan fingerprint density at radius 1 is 0.955 bits per heavy atom. The van der Waals surface area contributed by atoms with Gasteiger partial charge in [0.1, 0.15) is 0 Å². The number of hydrogen-bond acceptors (Lipinski definition) is 2. The summed E-state index contributed by atoms with van der Waals surface area (Å²) in [6.45, 7) is 10.4. The molecule has 0 aliphatic heterocycles. The van der Waals surface area contributed by atoms with E-state index >= 15 is 0 Å². The summed E-state index contributed by atoms with van der Waals surface area (Å²) < 4.78 is 0. The van der Waals surface area contributed by atoms with Crippen LogP contribution >= 0.6 is 0 Å². The van der Waals surface area contributed by atoms with Crippen molar-refractivity contribution in [3.05, 3.63) is 35.4 Å². The third-order valence-electron chi connectivity index (χ3n) is 3.45. The summed E-state index contributed by atoms with van der Waals surface area (Å²) in [5, 5.41) is 8.50. The molecule has 0 heterocycles. The zero-order valence-electron chi connectivity index (χ0n) is 14.1. The van der Waals surface area contributed by atoms with Crippen LogP contribution in [0.15, 0.2) is 24.3 Å². The second-order valence-corrected chi connectivity index (χ2v) is 6.18. The van der Waals surface area contributed by atoms with Crippen LogP contribution in [-0.4, -0.2) is 24.0 Å². The average Bonchev–Trinajstić information content (AvgIpc) is 2.44. The molecule has 0 saturated heterocycles. The average molecular weight is 305 g/mol. The topological polar surface area (TPSA) is 70.2 Å². The third-order valence-corrected chi connectivity index (χ3v) is 3.45. The number of carbonyl (C=O) groups excluding carboxylic acids is 2. The van der Waals surface area contributed by atoms with Gasteiger partial charge in [0.2, 0.25) is 0 Å². The molecule has 0 saturated carbocycles. The normalized spacial score (nSPS) is 12.1. The highest BCUT2D eigenvalue weighted by atomic mass is 16.2. The van der Waals surface area contributed by atoms with Crippen LogP contribution in [0.5, 0.6) is 0 Å². The van der Waals surface area contributed by atoms with Crippen molar-refractivity contribution in [3.63, 3.8) is 0 Å². The number of hydrogen-bond donors (Lipinski definition) is 3. The molecule has 122 valence electrons. The van der Waals surface area contributed by atoms with E-state index in [1.807, 2.05) is 32.9 Å². The van der Waals surface area contributed by atoms with E-state index in [1.54, 1.807) is 12.1 Å². The van der Waals surface area contributed by atoms with Crippen LogP contribution in [0.4, 0.5) is 4.79 Å². The van der Waals surface area contributed by atoms with E-state index in [4.69, 9.17) is 0 Å². The Morgan fingerprint density at radius 3 is 2.05 bits per heavy atom. The maximum absolute atomic E-state index is 12.1. The SMILES string of the molecule is CC(C)NC(=O)NCc1ccc(C(=O)N[C@@H](C)C(C)C)cc1. The summed E-state index contributed by atoms with van der Waals surface area (Å²) in [6, 6.07) is 7.31. The predicted molar refractivity (Wildman–Crippen MR) is 88.7 cm³/mol. The van der Waals surface area contributed by atoms with Crippen molar-refractivity contribution in [1.29, 1.82) is 0 Å². The number of urea groups is 1. The number of carbonyl (C=O) groups is 2. The first kappa shape index (κ1) is 18.0. The summed E-state index contributed by atoms with van der Waals surface area (Å²) in [5.41, 5.74) is 1.58. The lowest BCUT2D eigenvalue weighted by Crippen LogP contribution is -2.39. The minimum atomic E-state index is -0.192. The lowest BCUT2D eigenvalue weighted by atomic mass is 10.1. The Kier molecular flexibility index (Phi) is 6.89. The van der Waals surface area contributed by atoms with E-state index in [9.17, 15) is 9.59 Å². The molecule has 1 aromatic rings. The molecule has 22 heavy (non-hydrogen) atoms. The summed E-state index contributed by atoms with van der Waals surface area (Å²) in [5.74, 6) is 0.324. The van der Waals surface area contributed by atoms with Gasteiger partial charge in [-0.05, 0) is 44.4 Å². The largest absolute Gasteiger partial charge is 0.349 e. The first-order valence-corrected chi connectivity index (χ1v) is 7.73. The molecule has 0 bridgehead atoms. The van der Waals surface area contributed by atoms with E-state index in [-0.39, 0.29) is 24.0 Å². The minimum Gasteiger partial charge on any atom is -0.349 e. The molecule has 1 rings (SSSR count). The molecule has 1 aromatic carbocycles. The molecule has 0 aliphatic carbocycles. The fraction of sp³-hybridized carbons (Fsp3) is 0.529. The Bertz CT molecular complexity index is 495. The van der Waals surface area contributed by atoms with Crippen LogP contribution in [0.25, 0.3) is 0 Å². The van der Waals surface area contributed by atoms with Gasteiger partial charge in [-0.15, -0.1) is 0 Å². The predicted octanol–water partition coefficient (Wildman–Crippen LogP) is 2.67. The van der Waals surface area contributed by atoms with Crippen molar-refractivity contribution in [2.75, 3.05) is 0 Å². The fourth-order valence-electron chi connectivity index (χ4n) is 1.73. The minimum absolute atomic E-state index is 0.0711. The van der Waals surface area contributed by atoms with Gasteiger partial charge in [-0.2, -0.15) is 0 Å². The number of nitrogens with one attached hydrogen (secondary N) is 3. The molecule has 0 aromatic heterocycles. The van der Waals surface area contributed by atoms with Crippen molar-refractivity contribution in [2.45, 2.75) is 53.2 Å². The highest BCUT2D eigenvalue weighted by molar-refractivity contribution is 5.94. The van der Waals surface area contributed by atoms with Crippen LogP contribution in [-0.2, 0) is 6.54 Å². The van der Waals surface area contributed by atoms with Gasteiger partial charge in [0.05, 0.1) is 0 Å². The molecule has 3 amide bonds. The lowest BCUT2D eigenvalue weighted by molar-refractivity contribution is 0.0930. The van der Waals surface area contributed by atoms with Crippen molar-refractivity contribution in [1.82, 2.24) is 16.0 Å². The monoisotopic (exact) mass is 305 g/mol. The Balaban J connectivity index is 2.52. The van der Waals surface area contributed by atoms with E-state index in [2.05, 4.69) is 29.8 Å². The lowest BCUT2D eigenvalue weighted by Gasteiger charge is -2.17. The van der Waals surface area contributed by atoms with Gasteiger partial charge < -0.3 is 16.0 Å². The number of amides is 3. The van der Waals surface area contributed by atoms with E-state index < -0.39 is 0 Å². The highest BCUT2D eigenvalue weighted by Gasteiger charge is 2.12. The van der Waals surface area contributed by atoms with Crippen molar-refractivity contribution in [3.8, 4) is 0 Å². The van der Waals surface area contributed by atoms with Gasteiger partial charge in [-0.25, -0.2) is 4.79 Å². The van der Waals surface area contributed by atoms with E-state index in [0.29, 0.717) is 18.0 Å². The molecule has 0 aliphatic rings. The molecule has 0 fully saturated rings. The molecule has 5 nitrogen and oxygen atoms in total. The maximum Gasteiger partial charge on any atom is 0.315 e. The first-order valence-electron chi connectivity index (χ1n) is 7.73. The van der Waals surface area contributed by atoms with Crippen LogP contribution in [0.2, 0.25) is 0 Å². The van der Waals surface area contributed by atoms with Crippen LogP contribution in [0.1, 0.15) is 50.5 Å².